The number of hydrogen-bond donors (Lipinski definition) is 2. The molecule has 6 heteroatoms. The monoisotopic (exact) mass is 377 g/mol. The molecule has 2 aliphatic heterocycles. The summed E-state index contributed by atoms with van der Waals surface area (Å²) in [6, 6.07) is 0.945. The van der Waals surface area contributed by atoms with Crippen molar-refractivity contribution in [3.8, 4) is 0 Å². The van der Waals surface area contributed by atoms with Crippen LogP contribution in [0.4, 0.5) is 0 Å². The first-order valence-corrected chi connectivity index (χ1v) is 11.2. The number of aliphatic imine (C=N–C) groups is 1. The molecule has 0 radical (unpaired) electrons. The maximum absolute atomic E-state index is 11.9. The maximum atomic E-state index is 11.9. The van der Waals surface area contributed by atoms with Gasteiger partial charge in [0.2, 0.25) is 5.91 Å². The molecular formula is C21H39N5O. The Morgan fingerprint density at radius 3 is 2.63 bits per heavy atom. The third kappa shape index (κ3) is 5.84. The highest BCUT2D eigenvalue weighted by molar-refractivity contribution is 5.80. The van der Waals surface area contributed by atoms with Gasteiger partial charge in [0, 0.05) is 51.7 Å². The van der Waals surface area contributed by atoms with E-state index in [2.05, 4.69) is 20.5 Å². The molecule has 0 aromatic carbocycles. The fraction of sp³-hybridized carbons (Fsp3) is 0.905. The lowest BCUT2D eigenvalue weighted by molar-refractivity contribution is -0.129. The van der Waals surface area contributed by atoms with Gasteiger partial charge in [0.15, 0.2) is 5.96 Å². The normalized spacial score (nSPS) is 27.9. The highest BCUT2D eigenvalue weighted by atomic mass is 16.2. The summed E-state index contributed by atoms with van der Waals surface area (Å²) in [6.07, 6.45) is 11.4. The summed E-state index contributed by atoms with van der Waals surface area (Å²) in [4.78, 5) is 21.0. The summed E-state index contributed by atoms with van der Waals surface area (Å²) in [5.41, 5.74) is 0. The lowest BCUT2D eigenvalue weighted by Gasteiger charge is -2.31. The Kier molecular flexibility index (Phi) is 7.80. The van der Waals surface area contributed by atoms with Gasteiger partial charge in [0.05, 0.1) is 0 Å². The van der Waals surface area contributed by atoms with E-state index in [1.165, 1.54) is 58.0 Å². The summed E-state index contributed by atoms with van der Waals surface area (Å²) in [6.45, 7) is 7.10. The van der Waals surface area contributed by atoms with Crippen LogP contribution < -0.4 is 10.6 Å². The van der Waals surface area contributed by atoms with E-state index in [1.54, 1.807) is 0 Å². The van der Waals surface area contributed by atoms with Crippen molar-refractivity contribution in [1.82, 2.24) is 20.4 Å². The van der Waals surface area contributed by atoms with Crippen molar-refractivity contribution in [2.24, 2.45) is 10.9 Å². The predicted octanol–water partition coefficient (Wildman–Crippen LogP) is 2.21. The van der Waals surface area contributed by atoms with Crippen LogP contribution in [0.15, 0.2) is 4.99 Å². The third-order valence-electron chi connectivity index (χ3n) is 6.63. The van der Waals surface area contributed by atoms with Gasteiger partial charge in [-0.2, -0.15) is 0 Å². The molecule has 2 atom stereocenters. The number of guanidine groups is 1. The quantitative estimate of drug-likeness (QED) is 0.550. The third-order valence-corrected chi connectivity index (χ3v) is 6.63. The number of likely N-dealkylation sites (tertiary alicyclic amines) is 2. The van der Waals surface area contributed by atoms with E-state index < -0.39 is 0 Å². The van der Waals surface area contributed by atoms with Gasteiger partial charge in [0.1, 0.15) is 0 Å². The first kappa shape index (κ1) is 20.4. The number of nitrogens with one attached hydrogen (secondary N) is 2. The van der Waals surface area contributed by atoms with Crippen molar-refractivity contribution in [1.29, 1.82) is 0 Å². The summed E-state index contributed by atoms with van der Waals surface area (Å²) >= 11 is 0. The van der Waals surface area contributed by atoms with Gasteiger partial charge in [-0.25, -0.2) is 0 Å². The number of carbonyl (C=O) groups is 1. The van der Waals surface area contributed by atoms with Gasteiger partial charge in [-0.05, 0) is 44.6 Å². The van der Waals surface area contributed by atoms with Gasteiger partial charge in [0.25, 0.3) is 0 Å². The van der Waals surface area contributed by atoms with Crippen molar-refractivity contribution in [2.45, 2.75) is 76.8 Å². The van der Waals surface area contributed by atoms with Crippen molar-refractivity contribution in [3.05, 3.63) is 0 Å². The number of rotatable bonds is 6. The molecule has 0 bridgehead atoms. The Hall–Kier alpha value is -1.30. The van der Waals surface area contributed by atoms with Crippen molar-refractivity contribution in [2.75, 3.05) is 39.8 Å². The molecule has 2 saturated heterocycles. The number of hydrogen-bond acceptors (Lipinski definition) is 3. The number of carbonyl (C=O) groups excluding carboxylic acids is 1. The van der Waals surface area contributed by atoms with Crippen LogP contribution in [0.5, 0.6) is 0 Å². The first-order valence-electron chi connectivity index (χ1n) is 11.2. The zero-order valence-electron chi connectivity index (χ0n) is 17.4. The second-order valence-electron chi connectivity index (χ2n) is 8.57. The molecule has 1 saturated carbocycles. The zero-order valence-corrected chi connectivity index (χ0v) is 17.4. The molecule has 2 heterocycles. The molecule has 0 aromatic rings. The fourth-order valence-corrected chi connectivity index (χ4v) is 5.00. The summed E-state index contributed by atoms with van der Waals surface area (Å²) < 4.78 is 0. The van der Waals surface area contributed by atoms with E-state index in [9.17, 15) is 4.79 Å². The molecule has 3 aliphatic rings. The van der Waals surface area contributed by atoms with Crippen LogP contribution >= 0.6 is 0 Å². The van der Waals surface area contributed by atoms with E-state index in [0.717, 1.165) is 37.9 Å². The molecule has 3 fully saturated rings. The second kappa shape index (κ2) is 10.3. The van der Waals surface area contributed by atoms with Crippen molar-refractivity contribution in [3.63, 3.8) is 0 Å². The van der Waals surface area contributed by atoms with Crippen molar-refractivity contribution < 1.29 is 4.79 Å². The second-order valence-corrected chi connectivity index (χ2v) is 8.57. The Balaban J connectivity index is 1.41. The van der Waals surface area contributed by atoms with E-state index in [0.29, 0.717) is 18.5 Å². The van der Waals surface area contributed by atoms with Crippen LogP contribution in [-0.2, 0) is 4.79 Å². The van der Waals surface area contributed by atoms with E-state index >= 15 is 0 Å². The average molecular weight is 378 g/mol. The van der Waals surface area contributed by atoms with Gasteiger partial charge >= 0.3 is 0 Å². The minimum atomic E-state index is 0.256. The van der Waals surface area contributed by atoms with E-state index in [-0.39, 0.29) is 5.91 Å². The van der Waals surface area contributed by atoms with Gasteiger partial charge in [-0.3, -0.25) is 14.7 Å². The van der Waals surface area contributed by atoms with Crippen LogP contribution in [0, 0.1) is 5.92 Å². The van der Waals surface area contributed by atoms with Gasteiger partial charge < -0.3 is 15.5 Å². The van der Waals surface area contributed by atoms with E-state index in [4.69, 9.17) is 0 Å². The summed E-state index contributed by atoms with van der Waals surface area (Å²) in [7, 11) is 1.84. The van der Waals surface area contributed by atoms with Gasteiger partial charge in [-0.15, -0.1) is 0 Å². The van der Waals surface area contributed by atoms with Crippen LogP contribution in [0.25, 0.3) is 0 Å². The molecule has 154 valence electrons. The van der Waals surface area contributed by atoms with Crippen LogP contribution in [0.2, 0.25) is 0 Å². The lowest BCUT2D eigenvalue weighted by atomic mass is 9.89. The van der Waals surface area contributed by atoms with Crippen molar-refractivity contribution >= 4 is 11.9 Å². The minimum absolute atomic E-state index is 0.256. The molecule has 27 heavy (non-hydrogen) atoms. The Labute approximate surface area is 165 Å². The Morgan fingerprint density at radius 1 is 1.07 bits per heavy atom. The molecule has 2 unspecified atom stereocenters. The largest absolute Gasteiger partial charge is 0.355 e. The maximum Gasteiger partial charge on any atom is 0.222 e. The molecule has 1 aliphatic carbocycles. The molecule has 6 nitrogen and oxygen atoms in total. The number of amides is 1. The highest BCUT2D eigenvalue weighted by Gasteiger charge is 2.29. The fourth-order valence-electron chi connectivity index (χ4n) is 5.00. The Bertz CT molecular complexity index is 503. The topological polar surface area (TPSA) is 60.0 Å². The van der Waals surface area contributed by atoms with Crippen LogP contribution in [-0.4, -0.2) is 73.5 Å². The molecule has 2 N–H and O–H groups in total. The first-order chi connectivity index (χ1) is 13.2. The SMILES string of the molecule is CCC(=O)N1CCC(NC(=NC)NCC2CCCN2CC2CCCCC2)C1. The predicted molar refractivity (Wildman–Crippen MR) is 111 cm³/mol. The summed E-state index contributed by atoms with van der Waals surface area (Å²) in [5.74, 6) is 2.05. The van der Waals surface area contributed by atoms with E-state index in [1.807, 2.05) is 18.9 Å². The average Bonchev–Trinajstić information content (AvgIpc) is 3.35. The molecule has 0 spiro atoms. The number of nitrogens with zero attached hydrogens (tertiary/aromatic N) is 3. The molecule has 1 amide bonds. The molecule has 3 rings (SSSR count). The van der Waals surface area contributed by atoms with Crippen LogP contribution in [0.1, 0.15) is 64.7 Å². The van der Waals surface area contributed by atoms with Gasteiger partial charge in [-0.1, -0.05) is 26.2 Å². The standard InChI is InChI=1S/C21H39N5O/c1-3-20(27)26-13-11-18(16-26)24-21(22-2)23-14-19-10-7-12-25(19)15-17-8-5-4-6-9-17/h17-19H,3-16H2,1-2H3,(H2,22,23,24). The smallest absolute Gasteiger partial charge is 0.222 e. The zero-order chi connectivity index (χ0) is 19.1. The molecule has 0 aromatic heterocycles. The minimum Gasteiger partial charge on any atom is -0.355 e. The van der Waals surface area contributed by atoms with Crippen LogP contribution in [0.3, 0.4) is 0 Å². The molecular weight excluding hydrogens is 338 g/mol. The Morgan fingerprint density at radius 2 is 1.89 bits per heavy atom. The summed E-state index contributed by atoms with van der Waals surface area (Å²) in [5, 5.41) is 7.08. The lowest BCUT2D eigenvalue weighted by Crippen LogP contribution is -2.49. The highest BCUT2D eigenvalue weighted by Crippen LogP contribution is 2.27.